The van der Waals surface area contributed by atoms with E-state index >= 15 is 0 Å². The monoisotopic (exact) mass is 382 g/mol. The Hall–Kier alpha value is -1.03. The first-order chi connectivity index (χ1) is 12.1. The van der Waals surface area contributed by atoms with Gasteiger partial charge in [0.15, 0.2) is 0 Å². The number of aliphatic hydroxyl groups excluding tert-OH is 6. The van der Waals surface area contributed by atoms with Gasteiger partial charge in [-0.25, -0.2) is 4.79 Å². The van der Waals surface area contributed by atoms with Crippen LogP contribution >= 0.6 is 0 Å². The Balaban J connectivity index is -0.000000316. The molecule has 0 spiro atoms. The van der Waals surface area contributed by atoms with E-state index in [1.54, 1.807) is 0 Å². The standard InChI is InChI=1S/2C7H16O3.C4H6O2/c2*1-2-3-7(4-8,5-9)6-10;1-3(2)4(5)6/h2*8-10H,2-6H2,1H3;1H2,2H3,(H,5,6). The molecule has 0 aliphatic carbocycles. The lowest BCUT2D eigenvalue weighted by Gasteiger charge is -2.26. The molecule has 0 saturated heterocycles. The third kappa shape index (κ3) is 13.2. The van der Waals surface area contributed by atoms with Gasteiger partial charge in [-0.15, -0.1) is 0 Å². The Morgan fingerprint density at radius 1 is 0.731 bits per heavy atom. The van der Waals surface area contributed by atoms with Crippen LogP contribution in [0.15, 0.2) is 12.2 Å². The van der Waals surface area contributed by atoms with Crippen molar-refractivity contribution in [2.24, 2.45) is 10.8 Å². The van der Waals surface area contributed by atoms with Crippen molar-refractivity contribution in [1.82, 2.24) is 0 Å². The fourth-order valence-electron chi connectivity index (χ4n) is 1.84. The highest BCUT2D eigenvalue weighted by Crippen LogP contribution is 2.21. The maximum absolute atomic E-state index is 9.60. The highest BCUT2D eigenvalue weighted by Gasteiger charge is 2.27. The summed E-state index contributed by atoms with van der Waals surface area (Å²) in [5, 5.41) is 60.6. The van der Waals surface area contributed by atoms with Gasteiger partial charge in [-0.1, -0.05) is 33.3 Å². The number of carboxylic acids is 1. The number of aliphatic carboxylic acids is 1. The van der Waals surface area contributed by atoms with Crippen molar-refractivity contribution >= 4 is 5.97 Å². The van der Waals surface area contributed by atoms with Gasteiger partial charge >= 0.3 is 5.97 Å². The molecule has 0 aromatic carbocycles. The second kappa shape index (κ2) is 17.4. The van der Waals surface area contributed by atoms with Gasteiger partial charge < -0.3 is 35.7 Å². The number of aliphatic hydroxyl groups is 6. The zero-order valence-corrected chi connectivity index (χ0v) is 16.3. The molecule has 8 nitrogen and oxygen atoms in total. The summed E-state index contributed by atoms with van der Waals surface area (Å²) >= 11 is 0. The van der Waals surface area contributed by atoms with E-state index in [0.717, 1.165) is 12.8 Å². The molecule has 0 aliphatic heterocycles. The first-order valence-corrected chi connectivity index (χ1v) is 8.67. The summed E-state index contributed by atoms with van der Waals surface area (Å²) in [6, 6.07) is 0. The van der Waals surface area contributed by atoms with Gasteiger partial charge in [0, 0.05) is 16.4 Å². The SMILES string of the molecule is C=C(C)C(=O)O.CCCC(CO)(CO)CO.CCCC(CO)(CO)CO. The van der Waals surface area contributed by atoms with Gasteiger partial charge in [-0.3, -0.25) is 0 Å². The largest absolute Gasteiger partial charge is 0.478 e. The molecule has 0 radical (unpaired) electrons. The van der Waals surface area contributed by atoms with Crippen LogP contribution in [0.2, 0.25) is 0 Å². The van der Waals surface area contributed by atoms with Crippen LogP contribution in [0, 0.1) is 10.8 Å². The van der Waals surface area contributed by atoms with Crippen LogP contribution in [0.25, 0.3) is 0 Å². The fourth-order valence-corrected chi connectivity index (χ4v) is 1.84. The van der Waals surface area contributed by atoms with E-state index in [1.165, 1.54) is 6.92 Å². The molecule has 0 amide bonds. The van der Waals surface area contributed by atoms with E-state index in [9.17, 15) is 4.79 Å². The predicted octanol–water partition coefficient (Wildman–Crippen LogP) is 0.147. The number of hydrogen-bond donors (Lipinski definition) is 7. The third-order valence-corrected chi connectivity index (χ3v) is 3.94. The average molecular weight is 382 g/mol. The Labute approximate surface area is 156 Å². The summed E-state index contributed by atoms with van der Waals surface area (Å²) in [5.41, 5.74) is -1.14. The highest BCUT2D eigenvalue weighted by molar-refractivity contribution is 5.84. The molecular weight excluding hydrogens is 344 g/mol. The second-order valence-electron chi connectivity index (χ2n) is 6.53. The highest BCUT2D eigenvalue weighted by atomic mass is 16.4. The zero-order chi connectivity index (χ0) is 21.2. The van der Waals surface area contributed by atoms with Crippen LogP contribution in [-0.4, -0.2) is 81.4 Å². The summed E-state index contributed by atoms with van der Waals surface area (Å²) in [7, 11) is 0. The molecule has 26 heavy (non-hydrogen) atoms. The van der Waals surface area contributed by atoms with Crippen LogP contribution in [0.5, 0.6) is 0 Å². The molecule has 0 saturated carbocycles. The van der Waals surface area contributed by atoms with E-state index in [4.69, 9.17) is 35.7 Å². The van der Waals surface area contributed by atoms with E-state index in [1.807, 2.05) is 13.8 Å². The third-order valence-electron chi connectivity index (χ3n) is 3.94. The molecule has 7 N–H and O–H groups in total. The Morgan fingerprint density at radius 3 is 0.962 bits per heavy atom. The van der Waals surface area contributed by atoms with Crippen molar-refractivity contribution in [3.8, 4) is 0 Å². The van der Waals surface area contributed by atoms with Crippen molar-refractivity contribution in [3.05, 3.63) is 12.2 Å². The Morgan fingerprint density at radius 2 is 0.923 bits per heavy atom. The second-order valence-corrected chi connectivity index (χ2v) is 6.53. The molecule has 0 atom stereocenters. The van der Waals surface area contributed by atoms with Crippen molar-refractivity contribution in [3.63, 3.8) is 0 Å². The first-order valence-electron chi connectivity index (χ1n) is 8.67. The normalized spacial score (nSPS) is 11.0. The Kier molecular flexibility index (Phi) is 19.9. The van der Waals surface area contributed by atoms with Gasteiger partial charge in [0.25, 0.3) is 0 Å². The lowest BCUT2D eigenvalue weighted by atomic mass is 9.86. The van der Waals surface area contributed by atoms with Crippen molar-refractivity contribution in [1.29, 1.82) is 0 Å². The lowest BCUT2D eigenvalue weighted by Crippen LogP contribution is -2.33. The van der Waals surface area contributed by atoms with Crippen molar-refractivity contribution in [2.45, 2.75) is 46.5 Å². The van der Waals surface area contributed by atoms with E-state index < -0.39 is 16.8 Å². The molecular formula is C18H38O8. The van der Waals surface area contributed by atoms with Gasteiger partial charge in [0.05, 0.1) is 39.6 Å². The Bertz CT molecular complexity index is 299. The molecule has 0 unspecified atom stereocenters. The molecule has 0 aromatic heterocycles. The minimum atomic E-state index is -0.935. The molecule has 0 heterocycles. The number of rotatable bonds is 11. The summed E-state index contributed by atoms with van der Waals surface area (Å²) in [4.78, 5) is 9.60. The summed E-state index contributed by atoms with van der Waals surface area (Å²) in [5.74, 6) is -0.935. The van der Waals surface area contributed by atoms with Crippen molar-refractivity contribution in [2.75, 3.05) is 39.6 Å². The number of carbonyl (C=O) groups is 1. The summed E-state index contributed by atoms with van der Waals surface area (Å²) < 4.78 is 0. The minimum absolute atomic E-state index is 0.145. The van der Waals surface area contributed by atoms with Crippen LogP contribution in [0.1, 0.15) is 46.5 Å². The maximum atomic E-state index is 9.60. The van der Waals surface area contributed by atoms with Crippen LogP contribution in [0.4, 0.5) is 0 Å². The van der Waals surface area contributed by atoms with Crippen LogP contribution in [-0.2, 0) is 4.79 Å². The zero-order valence-electron chi connectivity index (χ0n) is 16.3. The minimum Gasteiger partial charge on any atom is -0.478 e. The number of hydrogen-bond acceptors (Lipinski definition) is 7. The summed E-state index contributed by atoms with van der Waals surface area (Å²) in [6.45, 7) is 7.64. The van der Waals surface area contributed by atoms with Gasteiger partial charge in [-0.2, -0.15) is 0 Å². The van der Waals surface area contributed by atoms with Gasteiger partial charge in [0.2, 0.25) is 0 Å². The van der Waals surface area contributed by atoms with E-state index in [-0.39, 0.29) is 45.2 Å². The quantitative estimate of drug-likeness (QED) is 0.249. The summed E-state index contributed by atoms with van der Waals surface area (Å²) in [6.07, 6.45) is 3.05. The van der Waals surface area contributed by atoms with Gasteiger partial charge in [0.1, 0.15) is 0 Å². The molecule has 0 aromatic rings. The van der Waals surface area contributed by atoms with E-state index in [2.05, 4.69) is 6.58 Å². The molecule has 0 bridgehead atoms. The van der Waals surface area contributed by atoms with Crippen molar-refractivity contribution < 1.29 is 40.5 Å². The first kappa shape index (κ1) is 29.7. The van der Waals surface area contributed by atoms with Crippen LogP contribution in [0.3, 0.4) is 0 Å². The lowest BCUT2D eigenvalue weighted by molar-refractivity contribution is -0.132. The molecule has 0 rings (SSSR count). The molecule has 0 fully saturated rings. The fraction of sp³-hybridized carbons (Fsp3) is 0.833. The van der Waals surface area contributed by atoms with Gasteiger partial charge in [-0.05, 0) is 19.8 Å². The van der Waals surface area contributed by atoms with Crippen LogP contribution < -0.4 is 0 Å². The molecule has 158 valence electrons. The average Bonchev–Trinajstić information content (AvgIpc) is 2.65. The molecule has 0 aliphatic rings. The maximum Gasteiger partial charge on any atom is 0.330 e. The smallest absolute Gasteiger partial charge is 0.330 e. The topological polar surface area (TPSA) is 159 Å². The number of carboxylic acid groups (broad SMARTS) is 1. The predicted molar refractivity (Wildman–Crippen MR) is 99.6 cm³/mol. The van der Waals surface area contributed by atoms with E-state index in [0.29, 0.717) is 12.8 Å². The molecule has 8 heteroatoms.